The van der Waals surface area contributed by atoms with E-state index < -0.39 is 0 Å². The molecule has 0 aliphatic rings. The molecule has 0 bridgehead atoms. The average molecular weight is 304 g/mol. The fourth-order valence-electron chi connectivity index (χ4n) is 2.57. The average Bonchev–Trinajstić information content (AvgIpc) is 2.42. The van der Waals surface area contributed by atoms with Crippen LogP contribution in [0.5, 0.6) is 0 Å². The lowest BCUT2D eigenvalue weighted by atomic mass is 10.0. The molecule has 0 rings (SSSR count). The molecular weight excluding hydrogens is 266 g/mol. The van der Waals surface area contributed by atoms with E-state index in [-0.39, 0.29) is 0 Å². The molecule has 0 saturated heterocycles. The quantitative estimate of drug-likeness (QED) is 0.255. The molecule has 0 spiro atoms. The summed E-state index contributed by atoms with van der Waals surface area (Å²) in [5.74, 6) is 0. The topological polar surface area (TPSA) is 3.24 Å². The summed E-state index contributed by atoms with van der Waals surface area (Å²) in [5.41, 5.74) is 0. The van der Waals surface area contributed by atoms with Gasteiger partial charge in [-0.3, -0.25) is 0 Å². The number of halogens is 1. The van der Waals surface area contributed by atoms with E-state index in [1.165, 1.54) is 77.0 Å². The molecule has 1 atom stereocenters. The normalized spacial score (nSPS) is 13.1. The van der Waals surface area contributed by atoms with Gasteiger partial charge in [0.2, 0.25) is 0 Å². The minimum Gasteiger partial charge on any atom is -0.309 e. The predicted octanol–water partition coefficient (Wildman–Crippen LogP) is 6.25. The van der Waals surface area contributed by atoms with Crippen LogP contribution in [0, 0.1) is 0 Å². The molecule has 0 aromatic rings. The van der Waals surface area contributed by atoms with Crippen LogP contribution in [0.1, 0.15) is 90.4 Å². The third-order valence-electron chi connectivity index (χ3n) is 4.01. The standard InChI is InChI=1S/C18H38ClN/c1-4-5-6-7-8-9-10-11-12-13-14-15-18(19)16-17-20(2)3/h18H,4-17H2,1-3H3. The lowest BCUT2D eigenvalue weighted by molar-refractivity contribution is 0.391. The highest BCUT2D eigenvalue weighted by molar-refractivity contribution is 6.20. The maximum absolute atomic E-state index is 6.32. The van der Waals surface area contributed by atoms with Crippen LogP contribution >= 0.6 is 11.6 Å². The van der Waals surface area contributed by atoms with E-state index in [4.69, 9.17) is 11.6 Å². The molecule has 0 heterocycles. The van der Waals surface area contributed by atoms with Gasteiger partial charge < -0.3 is 4.90 Å². The number of alkyl halides is 1. The Bertz CT molecular complexity index is 182. The lowest BCUT2D eigenvalue weighted by Crippen LogP contribution is -2.16. The number of nitrogens with zero attached hydrogens (tertiary/aromatic N) is 1. The summed E-state index contributed by atoms with van der Waals surface area (Å²) >= 11 is 6.32. The summed E-state index contributed by atoms with van der Waals surface area (Å²) in [5, 5.41) is 0.385. The summed E-state index contributed by atoms with van der Waals surface area (Å²) in [6.07, 6.45) is 17.9. The zero-order chi connectivity index (χ0) is 15.1. The molecule has 0 fully saturated rings. The van der Waals surface area contributed by atoms with Gasteiger partial charge in [-0.1, -0.05) is 77.6 Å². The summed E-state index contributed by atoms with van der Waals surface area (Å²) < 4.78 is 0. The maximum Gasteiger partial charge on any atom is 0.0348 e. The van der Waals surface area contributed by atoms with Gasteiger partial charge in [0.1, 0.15) is 0 Å². The molecule has 0 aliphatic carbocycles. The Labute approximate surface area is 133 Å². The van der Waals surface area contributed by atoms with E-state index in [0.29, 0.717) is 5.38 Å². The maximum atomic E-state index is 6.32. The number of rotatable bonds is 15. The first-order valence-electron chi connectivity index (χ1n) is 8.95. The van der Waals surface area contributed by atoms with Crippen molar-refractivity contribution in [1.29, 1.82) is 0 Å². The molecule has 0 N–H and O–H groups in total. The number of hydrogen-bond acceptors (Lipinski definition) is 1. The predicted molar refractivity (Wildman–Crippen MR) is 93.9 cm³/mol. The van der Waals surface area contributed by atoms with Crippen LogP contribution in [-0.4, -0.2) is 30.9 Å². The van der Waals surface area contributed by atoms with Crippen LogP contribution in [0.4, 0.5) is 0 Å². The highest BCUT2D eigenvalue weighted by Crippen LogP contribution is 2.15. The molecule has 2 heteroatoms. The molecule has 0 amide bonds. The molecule has 0 aromatic heterocycles. The van der Waals surface area contributed by atoms with Gasteiger partial charge in [0.05, 0.1) is 0 Å². The molecule has 1 unspecified atom stereocenters. The molecule has 20 heavy (non-hydrogen) atoms. The summed E-state index contributed by atoms with van der Waals surface area (Å²) in [4.78, 5) is 2.22. The van der Waals surface area contributed by atoms with Crippen LogP contribution in [0.2, 0.25) is 0 Å². The highest BCUT2D eigenvalue weighted by Gasteiger charge is 2.04. The molecular formula is C18H38ClN. The Morgan fingerprint density at radius 3 is 1.60 bits per heavy atom. The van der Waals surface area contributed by atoms with Gasteiger partial charge in [-0.2, -0.15) is 0 Å². The Kier molecular flexibility index (Phi) is 15.8. The van der Waals surface area contributed by atoms with Crippen LogP contribution in [-0.2, 0) is 0 Å². The zero-order valence-corrected chi connectivity index (χ0v) is 15.1. The van der Waals surface area contributed by atoms with Gasteiger partial charge in [-0.25, -0.2) is 0 Å². The van der Waals surface area contributed by atoms with Crippen molar-refractivity contribution < 1.29 is 0 Å². The highest BCUT2D eigenvalue weighted by atomic mass is 35.5. The van der Waals surface area contributed by atoms with Gasteiger partial charge in [0.25, 0.3) is 0 Å². The van der Waals surface area contributed by atoms with Crippen LogP contribution < -0.4 is 0 Å². The van der Waals surface area contributed by atoms with Crippen LogP contribution in [0.15, 0.2) is 0 Å². The van der Waals surface area contributed by atoms with Crippen molar-refractivity contribution in [3.63, 3.8) is 0 Å². The van der Waals surface area contributed by atoms with Crippen molar-refractivity contribution in [2.45, 2.75) is 95.8 Å². The minimum atomic E-state index is 0.385. The van der Waals surface area contributed by atoms with Crippen molar-refractivity contribution in [2.24, 2.45) is 0 Å². The van der Waals surface area contributed by atoms with Gasteiger partial charge in [-0.05, 0) is 33.5 Å². The second-order valence-corrected chi connectivity index (χ2v) is 7.13. The summed E-state index contributed by atoms with van der Waals surface area (Å²) in [6, 6.07) is 0. The zero-order valence-electron chi connectivity index (χ0n) is 14.3. The monoisotopic (exact) mass is 303 g/mol. The van der Waals surface area contributed by atoms with Crippen LogP contribution in [0.25, 0.3) is 0 Å². The molecule has 0 radical (unpaired) electrons. The second kappa shape index (κ2) is 15.6. The summed E-state index contributed by atoms with van der Waals surface area (Å²) in [6.45, 7) is 3.40. The van der Waals surface area contributed by atoms with Crippen LogP contribution in [0.3, 0.4) is 0 Å². The third-order valence-corrected chi connectivity index (χ3v) is 4.45. The Morgan fingerprint density at radius 2 is 1.15 bits per heavy atom. The largest absolute Gasteiger partial charge is 0.309 e. The van der Waals surface area contributed by atoms with E-state index in [9.17, 15) is 0 Å². The molecule has 0 saturated carbocycles. The molecule has 1 nitrogen and oxygen atoms in total. The Balaban J connectivity index is 3.09. The van der Waals surface area contributed by atoms with E-state index >= 15 is 0 Å². The second-order valence-electron chi connectivity index (χ2n) is 6.51. The van der Waals surface area contributed by atoms with E-state index in [1.807, 2.05) is 0 Å². The van der Waals surface area contributed by atoms with Crippen molar-refractivity contribution in [2.75, 3.05) is 20.6 Å². The SMILES string of the molecule is CCCCCCCCCCCCCC(Cl)CCN(C)C. The molecule has 0 aromatic carbocycles. The van der Waals surface area contributed by atoms with Gasteiger partial charge in [0, 0.05) is 5.38 Å². The third kappa shape index (κ3) is 16.3. The molecule has 122 valence electrons. The summed E-state index contributed by atoms with van der Waals surface area (Å²) in [7, 11) is 4.23. The first kappa shape index (κ1) is 20.2. The lowest BCUT2D eigenvalue weighted by Gasteiger charge is -2.13. The fourth-order valence-corrected chi connectivity index (χ4v) is 2.82. The number of unbranched alkanes of at least 4 members (excludes halogenated alkanes) is 10. The molecule has 0 aliphatic heterocycles. The Morgan fingerprint density at radius 1 is 0.700 bits per heavy atom. The van der Waals surface area contributed by atoms with Gasteiger partial charge >= 0.3 is 0 Å². The smallest absolute Gasteiger partial charge is 0.0348 e. The van der Waals surface area contributed by atoms with E-state index in [2.05, 4.69) is 25.9 Å². The Hall–Kier alpha value is 0.250. The van der Waals surface area contributed by atoms with Gasteiger partial charge in [-0.15, -0.1) is 11.6 Å². The van der Waals surface area contributed by atoms with Crippen molar-refractivity contribution in [1.82, 2.24) is 4.90 Å². The number of hydrogen-bond donors (Lipinski definition) is 0. The first-order valence-corrected chi connectivity index (χ1v) is 9.39. The van der Waals surface area contributed by atoms with E-state index in [0.717, 1.165) is 13.0 Å². The van der Waals surface area contributed by atoms with Crippen molar-refractivity contribution >= 4 is 11.6 Å². The fraction of sp³-hybridized carbons (Fsp3) is 1.00. The first-order chi connectivity index (χ1) is 9.66. The van der Waals surface area contributed by atoms with Gasteiger partial charge in [0.15, 0.2) is 0 Å². The van der Waals surface area contributed by atoms with Crippen molar-refractivity contribution in [3.8, 4) is 0 Å². The van der Waals surface area contributed by atoms with E-state index in [1.54, 1.807) is 0 Å². The van der Waals surface area contributed by atoms with Crippen molar-refractivity contribution in [3.05, 3.63) is 0 Å². The minimum absolute atomic E-state index is 0.385.